The van der Waals surface area contributed by atoms with Crippen molar-refractivity contribution in [3.05, 3.63) is 34.2 Å². The van der Waals surface area contributed by atoms with Crippen LogP contribution in [0.3, 0.4) is 0 Å². The maximum atomic E-state index is 11.7. The van der Waals surface area contributed by atoms with Gasteiger partial charge >= 0.3 is 0 Å². The van der Waals surface area contributed by atoms with Crippen molar-refractivity contribution in [2.75, 3.05) is 0 Å². The van der Waals surface area contributed by atoms with Gasteiger partial charge in [-0.2, -0.15) is 5.26 Å². The Hall–Kier alpha value is -2.09. The molecule has 0 aliphatic rings. The van der Waals surface area contributed by atoms with Gasteiger partial charge in [0.2, 0.25) is 5.91 Å². The topological polar surface area (TPSA) is 74.9 Å². The maximum absolute atomic E-state index is 11.7. The Morgan fingerprint density at radius 2 is 2.33 bits per heavy atom. The first-order valence-electron chi connectivity index (χ1n) is 5.97. The summed E-state index contributed by atoms with van der Waals surface area (Å²) in [5.41, 5.74) is -0.384. The molecule has 0 spiro atoms. The molecule has 1 aromatic heterocycles. The van der Waals surface area contributed by atoms with Gasteiger partial charge in [0.15, 0.2) is 0 Å². The highest BCUT2D eigenvalue weighted by Crippen LogP contribution is 1.95. The highest BCUT2D eigenvalue weighted by atomic mass is 16.2. The van der Waals surface area contributed by atoms with Crippen molar-refractivity contribution in [3.8, 4) is 6.07 Å². The molecule has 1 unspecified atom stereocenters. The summed E-state index contributed by atoms with van der Waals surface area (Å²) in [6, 6.07) is 4.93. The van der Waals surface area contributed by atoms with Crippen LogP contribution in [0.4, 0.5) is 0 Å². The minimum absolute atomic E-state index is 0.0481. The molecule has 0 aliphatic carbocycles. The van der Waals surface area contributed by atoms with Gasteiger partial charge in [0.25, 0.3) is 5.56 Å². The Morgan fingerprint density at radius 1 is 1.61 bits per heavy atom. The summed E-state index contributed by atoms with van der Waals surface area (Å²) >= 11 is 0. The van der Waals surface area contributed by atoms with E-state index in [1.165, 1.54) is 16.8 Å². The third-order valence-corrected chi connectivity index (χ3v) is 2.58. The van der Waals surface area contributed by atoms with Crippen LogP contribution >= 0.6 is 0 Å². The van der Waals surface area contributed by atoms with Crippen molar-refractivity contribution in [1.29, 1.82) is 5.26 Å². The molecule has 0 bridgehead atoms. The minimum atomic E-state index is -0.432. The predicted octanol–water partition coefficient (Wildman–Crippen LogP) is 1.02. The summed E-state index contributed by atoms with van der Waals surface area (Å²) in [7, 11) is 0. The highest BCUT2D eigenvalue weighted by molar-refractivity contribution is 5.76. The Kier molecular flexibility index (Phi) is 5.12. The molecule has 1 atom stereocenters. The number of nitrogens with zero attached hydrogens (tertiary/aromatic N) is 2. The Balaban J connectivity index is 2.72. The molecular weight excluding hydrogens is 230 g/mol. The van der Waals surface area contributed by atoms with E-state index in [2.05, 4.69) is 5.32 Å². The number of rotatable bonds is 5. The van der Waals surface area contributed by atoms with Crippen molar-refractivity contribution in [2.45, 2.75) is 39.3 Å². The lowest BCUT2D eigenvalue weighted by Crippen LogP contribution is -2.37. The molecule has 1 N–H and O–H groups in total. The van der Waals surface area contributed by atoms with E-state index in [0.29, 0.717) is 0 Å². The maximum Gasteiger partial charge on any atom is 0.268 e. The molecule has 5 nitrogen and oxygen atoms in total. The first-order chi connectivity index (χ1) is 8.58. The zero-order chi connectivity index (χ0) is 13.5. The van der Waals surface area contributed by atoms with Crippen molar-refractivity contribution in [1.82, 2.24) is 9.88 Å². The molecule has 0 aromatic carbocycles. The van der Waals surface area contributed by atoms with Gasteiger partial charge in [-0.25, -0.2) is 0 Å². The second kappa shape index (κ2) is 6.60. The van der Waals surface area contributed by atoms with Gasteiger partial charge in [-0.05, 0) is 25.5 Å². The second-order valence-electron chi connectivity index (χ2n) is 4.22. The summed E-state index contributed by atoms with van der Waals surface area (Å²) in [6.45, 7) is 3.92. The normalized spacial score (nSPS) is 11.6. The van der Waals surface area contributed by atoms with Crippen molar-refractivity contribution in [3.63, 3.8) is 0 Å². The van der Waals surface area contributed by atoms with Crippen LogP contribution in [-0.2, 0) is 11.3 Å². The summed E-state index contributed by atoms with van der Waals surface area (Å²) < 4.78 is 1.24. The number of carbonyl (C=O) groups excluding carboxylic acids is 1. The fourth-order valence-electron chi connectivity index (χ4n) is 1.73. The molecular formula is C13H17N3O2. The van der Waals surface area contributed by atoms with Crippen LogP contribution in [0.15, 0.2) is 23.1 Å². The van der Waals surface area contributed by atoms with E-state index >= 15 is 0 Å². The van der Waals surface area contributed by atoms with E-state index in [1.807, 2.05) is 13.8 Å². The Bertz CT molecular complexity index is 514. The van der Waals surface area contributed by atoms with Crippen LogP contribution < -0.4 is 10.9 Å². The highest BCUT2D eigenvalue weighted by Gasteiger charge is 2.09. The standard InChI is InChI=1S/C13H17N3O2/c1-3-5-10(2)15-12(17)9-16-7-4-6-11(8-14)13(16)18/h4,6-7,10H,3,5,9H2,1-2H3,(H,15,17). The third-order valence-electron chi connectivity index (χ3n) is 2.58. The minimum Gasteiger partial charge on any atom is -0.352 e. The lowest BCUT2D eigenvalue weighted by Gasteiger charge is -2.13. The van der Waals surface area contributed by atoms with Gasteiger partial charge in [0.05, 0.1) is 0 Å². The first-order valence-corrected chi connectivity index (χ1v) is 5.97. The quantitative estimate of drug-likeness (QED) is 0.844. The average molecular weight is 247 g/mol. The zero-order valence-corrected chi connectivity index (χ0v) is 10.6. The number of hydrogen-bond donors (Lipinski definition) is 1. The SMILES string of the molecule is CCCC(C)NC(=O)Cn1cccc(C#N)c1=O. The number of nitriles is 1. The zero-order valence-electron chi connectivity index (χ0n) is 10.6. The molecule has 5 heteroatoms. The fraction of sp³-hybridized carbons (Fsp3) is 0.462. The second-order valence-corrected chi connectivity index (χ2v) is 4.22. The van der Waals surface area contributed by atoms with Gasteiger partial charge in [-0.15, -0.1) is 0 Å². The Morgan fingerprint density at radius 3 is 2.94 bits per heavy atom. The van der Waals surface area contributed by atoms with Crippen LogP contribution in [0.5, 0.6) is 0 Å². The van der Waals surface area contributed by atoms with Crippen molar-refractivity contribution in [2.24, 2.45) is 0 Å². The lowest BCUT2D eigenvalue weighted by molar-refractivity contribution is -0.122. The van der Waals surface area contributed by atoms with E-state index < -0.39 is 5.56 Å². The van der Waals surface area contributed by atoms with Crippen LogP contribution in [0.2, 0.25) is 0 Å². The largest absolute Gasteiger partial charge is 0.352 e. The van der Waals surface area contributed by atoms with Gasteiger partial charge in [-0.3, -0.25) is 9.59 Å². The van der Waals surface area contributed by atoms with Crippen molar-refractivity contribution >= 4 is 5.91 Å². The molecule has 0 fully saturated rings. The van der Waals surface area contributed by atoms with E-state index in [1.54, 1.807) is 12.1 Å². The summed E-state index contributed by atoms with van der Waals surface area (Å²) in [4.78, 5) is 23.4. The molecule has 1 rings (SSSR count). The van der Waals surface area contributed by atoms with Crippen molar-refractivity contribution < 1.29 is 4.79 Å². The molecule has 18 heavy (non-hydrogen) atoms. The molecule has 0 saturated heterocycles. The molecule has 0 saturated carbocycles. The van der Waals surface area contributed by atoms with Crippen LogP contribution in [0.25, 0.3) is 0 Å². The van der Waals surface area contributed by atoms with Crippen LogP contribution in [-0.4, -0.2) is 16.5 Å². The van der Waals surface area contributed by atoms with Gasteiger partial charge in [0.1, 0.15) is 18.2 Å². The number of nitrogens with one attached hydrogen (secondary N) is 1. The Labute approximate surface area is 106 Å². The monoisotopic (exact) mass is 247 g/mol. The van der Waals surface area contributed by atoms with Crippen LogP contribution in [0, 0.1) is 11.3 Å². The molecule has 0 radical (unpaired) electrons. The van der Waals surface area contributed by atoms with E-state index in [-0.39, 0.29) is 24.1 Å². The number of hydrogen-bond acceptors (Lipinski definition) is 3. The number of aromatic nitrogens is 1. The predicted molar refractivity (Wildman–Crippen MR) is 67.9 cm³/mol. The van der Waals surface area contributed by atoms with Gasteiger partial charge < -0.3 is 9.88 Å². The molecule has 1 heterocycles. The smallest absolute Gasteiger partial charge is 0.268 e. The van der Waals surface area contributed by atoms with Gasteiger partial charge in [0, 0.05) is 12.2 Å². The number of pyridine rings is 1. The van der Waals surface area contributed by atoms with E-state index in [9.17, 15) is 9.59 Å². The first kappa shape index (κ1) is 14.0. The molecule has 1 amide bonds. The molecule has 1 aromatic rings. The summed E-state index contributed by atoms with van der Waals surface area (Å²) in [5.74, 6) is -0.215. The van der Waals surface area contributed by atoms with E-state index in [4.69, 9.17) is 5.26 Å². The third kappa shape index (κ3) is 3.74. The van der Waals surface area contributed by atoms with Gasteiger partial charge in [-0.1, -0.05) is 13.3 Å². The molecule has 0 aliphatic heterocycles. The fourth-order valence-corrected chi connectivity index (χ4v) is 1.73. The van der Waals surface area contributed by atoms with Crippen LogP contribution in [0.1, 0.15) is 32.3 Å². The number of carbonyl (C=O) groups is 1. The average Bonchev–Trinajstić information content (AvgIpc) is 2.32. The summed E-state index contributed by atoms with van der Waals surface area (Å²) in [6.07, 6.45) is 3.40. The number of amides is 1. The van der Waals surface area contributed by atoms with E-state index in [0.717, 1.165) is 12.8 Å². The lowest BCUT2D eigenvalue weighted by atomic mass is 10.2. The summed E-state index contributed by atoms with van der Waals surface area (Å²) in [5, 5.41) is 11.5. The molecule has 96 valence electrons.